The van der Waals surface area contributed by atoms with Gasteiger partial charge in [0, 0.05) is 6.08 Å². The summed E-state index contributed by atoms with van der Waals surface area (Å²) in [6.45, 7) is 1.90. The van der Waals surface area contributed by atoms with Crippen molar-refractivity contribution in [3.63, 3.8) is 0 Å². The number of rotatable bonds is 5. The van der Waals surface area contributed by atoms with Gasteiger partial charge in [0.2, 0.25) is 5.91 Å². The molecule has 1 aromatic carbocycles. The molecule has 2 aromatic rings. The maximum Gasteiger partial charge on any atom is 0.433 e. The lowest BCUT2D eigenvalue weighted by Crippen LogP contribution is -2.09. The lowest BCUT2D eigenvalue weighted by atomic mass is 10.2. The third kappa shape index (κ3) is 3.72. The average Bonchev–Trinajstić information content (AvgIpc) is 2.94. The summed E-state index contributed by atoms with van der Waals surface area (Å²) in [5, 5.41) is 13.2. The molecule has 0 saturated carbocycles. The maximum absolute atomic E-state index is 11.9. The molecular weight excluding hydrogens is 288 g/mol. The highest BCUT2D eigenvalue weighted by molar-refractivity contribution is 6.02. The smallest absolute Gasteiger partial charge is 0.433 e. The summed E-state index contributed by atoms with van der Waals surface area (Å²) in [7, 11) is 1.51. The topological polar surface area (TPSA) is 94.6 Å². The zero-order chi connectivity index (χ0) is 16.1. The van der Waals surface area contributed by atoms with Crippen molar-refractivity contribution in [2.45, 2.75) is 6.92 Å². The summed E-state index contributed by atoms with van der Waals surface area (Å²) >= 11 is 0. The van der Waals surface area contributed by atoms with Crippen molar-refractivity contribution in [2.24, 2.45) is 0 Å². The minimum Gasteiger partial charge on any atom is -0.495 e. The van der Waals surface area contributed by atoms with Gasteiger partial charge in [-0.05, 0) is 36.8 Å². The van der Waals surface area contributed by atoms with Crippen LogP contribution in [0.2, 0.25) is 0 Å². The summed E-state index contributed by atoms with van der Waals surface area (Å²) in [5.41, 5.74) is 1.52. The Morgan fingerprint density at radius 2 is 2.14 bits per heavy atom. The molecule has 1 amide bonds. The van der Waals surface area contributed by atoms with Crippen LogP contribution in [0.5, 0.6) is 5.75 Å². The highest BCUT2D eigenvalue weighted by Gasteiger charge is 2.10. The van der Waals surface area contributed by atoms with Crippen molar-refractivity contribution in [2.75, 3.05) is 12.4 Å². The number of carbonyl (C=O) groups is 1. The number of nitrogens with one attached hydrogen (secondary N) is 1. The second-order valence-corrected chi connectivity index (χ2v) is 4.46. The number of nitrogens with zero attached hydrogens (tertiary/aromatic N) is 1. The SMILES string of the molecule is COc1ccc(C)cc1NC(=O)/C=C/c1ccc([N+](=O)[O-])o1. The van der Waals surface area contributed by atoms with E-state index in [1.165, 1.54) is 31.4 Å². The van der Waals surface area contributed by atoms with Gasteiger partial charge in [0.25, 0.3) is 0 Å². The molecule has 0 spiro atoms. The molecule has 0 fully saturated rings. The van der Waals surface area contributed by atoms with Gasteiger partial charge in [-0.3, -0.25) is 14.9 Å². The molecule has 2 rings (SSSR count). The van der Waals surface area contributed by atoms with Crippen LogP contribution in [0.15, 0.2) is 40.8 Å². The lowest BCUT2D eigenvalue weighted by Gasteiger charge is -2.09. The lowest BCUT2D eigenvalue weighted by molar-refractivity contribution is -0.402. The van der Waals surface area contributed by atoms with Crippen LogP contribution < -0.4 is 10.1 Å². The van der Waals surface area contributed by atoms with Crippen LogP contribution in [0.1, 0.15) is 11.3 Å². The monoisotopic (exact) mass is 302 g/mol. The number of amides is 1. The van der Waals surface area contributed by atoms with Crippen LogP contribution in [0.4, 0.5) is 11.6 Å². The fourth-order valence-electron chi connectivity index (χ4n) is 1.78. The van der Waals surface area contributed by atoms with Gasteiger partial charge in [0.05, 0.1) is 18.9 Å². The van der Waals surface area contributed by atoms with E-state index in [0.29, 0.717) is 11.4 Å². The first kappa shape index (κ1) is 15.3. The van der Waals surface area contributed by atoms with E-state index >= 15 is 0 Å². The first-order valence-corrected chi connectivity index (χ1v) is 6.37. The highest BCUT2D eigenvalue weighted by Crippen LogP contribution is 2.25. The molecule has 1 N–H and O–H groups in total. The van der Waals surface area contributed by atoms with Gasteiger partial charge in [-0.25, -0.2) is 0 Å². The summed E-state index contributed by atoms with van der Waals surface area (Å²) in [5.74, 6) is -0.0117. The molecule has 7 heteroatoms. The molecule has 0 bridgehead atoms. The Hall–Kier alpha value is -3.09. The number of carbonyl (C=O) groups excluding carboxylic acids is 1. The number of hydrogen-bond acceptors (Lipinski definition) is 5. The van der Waals surface area contributed by atoms with Crippen LogP contribution in [-0.4, -0.2) is 17.9 Å². The molecule has 114 valence electrons. The van der Waals surface area contributed by atoms with Gasteiger partial charge in [0.1, 0.15) is 16.4 Å². The summed E-state index contributed by atoms with van der Waals surface area (Å²) in [4.78, 5) is 21.7. The van der Waals surface area contributed by atoms with Gasteiger partial charge in [-0.2, -0.15) is 0 Å². The van der Waals surface area contributed by atoms with E-state index in [9.17, 15) is 14.9 Å². The van der Waals surface area contributed by atoms with Crippen LogP contribution in [0.25, 0.3) is 6.08 Å². The van der Waals surface area contributed by atoms with Gasteiger partial charge < -0.3 is 14.5 Å². The van der Waals surface area contributed by atoms with E-state index in [-0.39, 0.29) is 11.6 Å². The second-order valence-electron chi connectivity index (χ2n) is 4.46. The van der Waals surface area contributed by atoms with Crippen molar-refractivity contribution < 1.29 is 18.9 Å². The standard InChI is InChI=1S/C15H14N2O5/c1-10-3-6-13(21-2)12(9-10)16-14(18)7-4-11-5-8-15(22-11)17(19)20/h3-9H,1-2H3,(H,16,18)/b7-4+. The Bertz CT molecular complexity index is 733. The van der Waals surface area contributed by atoms with Gasteiger partial charge in [-0.1, -0.05) is 6.07 Å². The summed E-state index contributed by atoms with van der Waals surface area (Å²) < 4.78 is 10.1. The van der Waals surface area contributed by atoms with Crippen LogP contribution in [0, 0.1) is 17.0 Å². The average molecular weight is 302 g/mol. The number of anilines is 1. The number of benzene rings is 1. The normalized spacial score (nSPS) is 10.6. The Morgan fingerprint density at radius 1 is 1.36 bits per heavy atom. The molecule has 22 heavy (non-hydrogen) atoms. The summed E-state index contributed by atoms with van der Waals surface area (Å²) in [6, 6.07) is 8.04. The van der Waals surface area contributed by atoms with Crippen molar-refractivity contribution in [3.05, 3.63) is 57.8 Å². The van der Waals surface area contributed by atoms with Gasteiger partial charge in [0.15, 0.2) is 0 Å². The van der Waals surface area contributed by atoms with Gasteiger partial charge in [-0.15, -0.1) is 0 Å². The molecule has 1 heterocycles. The molecule has 0 saturated heterocycles. The van der Waals surface area contributed by atoms with E-state index < -0.39 is 10.8 Å². The van der Waals surface area contributed by atoms with Crippen molar-refractivity contribution >= 4 is 23.6 Å². The first-order valence-electron chi connectivity index (χ1n) is 6.37. The van der Waals surface area contributed by atoms with Gasteiger partial charge >= 0.3 is 5.88 Å². The zero-order valence-corrected chi connectivity index (χ0v) is 12.0. The van der Waals surface area contributed by atoms with Crippen molar-refractivity contribution in [1.82, 2.24) is 0 Å². The predicted octanol–water partition coefficient (Wildman–Crippen LogP) is 3.16. The minimum absolute atomic E-state index is 0.220. The van der Waals surface area contributed by atoms with E-state index in [4.69, 9.17) is 9.15 Å². The third-order valence-electron chi connectivity index (χ3n) is 2.80. The predicted molar refractivity (Wildman–Crippen MR) is 80.8 cm³/mol. The Kier molecular flexibility index (Phi) is 4.57. The summed E-state index contributed by atoms with van der Waals surface area (Å²) in [6.07, 6.45) is 2.58. The molecule has 1 aromatic heterocycles. The van der Waals surface area contributed by atoms with Crippen molar-refractivity contribution in [3.8, 4) is 5.75 Å². The fourth-order valence-corrected chi connectivity index (χ4v) is 1.78. The third-order valence-corrected chi connectivity index (χ3v) is 2.80. The Morgan fingerprint density at radius 3 is 2.77 bits per heavy atom. The molecule has 0 aliphatic rings. The quantitative estimate of drug-likeness (QED) is 0.520. The molecule has 0 unspecified atom stereocenters. The number of methoxy groups -OCH3 is 1. The molecule has 0 aliphatic carbocycles. The Balaban J connectivity index is 2.07. The highest BCUT2D eigenvalue weighted by atomic mass is 16.6. The largest absolute Gasteiger partial charge is 0.495 e. The van der Waals surface area contributed by atoms with E-state index in [2.05, 4.69) is 5.32 Å². The van der Waals surface area contributed by atoms with E-state index in [0.717, 1.165) is 5.56 Å². The van der Waals surface area contributed by atoms with Crippen LogP contribution in [0.3, 0.4) is 0 Å². The number of nitro groups is 1. The zero-order valence-electron chi connectivity index (χ0n) is 12.0. The van der Waals surface area contributed by atoms with Crippen LogP contribution >= 0.6 is 0 Å². The minimum atomic E-state index is -0.644. The molecule has 7 nitrogen and oxygen atoms in total. The maximum atomic E-state index is 11.9. The molecular formula is C15H14N2O5. The first-order chi connectivity index (χ1) is 10.5. The number of hydrogen-bond donors (Lipinski definition) is 1. The van der Waals surface area contributed by atoms with Crippen molar-refractivity contribution in [1.29, 1.82) is 0 Å². The molecule has 0 radical (unpaired) electrons. The van der Waals surface area contributed by atoms with E-state index in [1.807, 2.05) is 13.0 Å². The number of ether oxygens (including phenoxy) is 1. The Labute approximate surface area is 126 Å². The van der Waals surface area contributed by atoms with Crippen LogP contribution in [-0.2, 0) is 4.79 Å². The molecule has 0 aliphatic heterocycles. The second kappa shape index (κ2) is 6.57. The van der Waals surface area contributed by atoms with E-state index in [1.54, 1.807) is 12.1 Å². The molecule has 0 atom stereocenters. The number of aryl methyl sites for hydroxylation is 1. The number of furan rings is 1. The fraction of sp³-hybridized carbons (Fsp3) is 0.133.